The van der Waals surface area contributed by atoms with Crippen LogP contribution in [0.25, 0.3) is 22.2 Å². The molecule has 0 saturated carbocycles. The molecule has 0 fully saturated rings. The minimum Gasteiger partial charge on any atom is -0.434 e. The molecule has 0 spiro atoms. The van der Waals surface area contributed by atoms with Gasteiger partial charge in [-0.1, -0.05) is 30.3 Å². The summed E-state index contributed by atoms with van der Waals surface area (Å²) in [6.07, 6.45) is 1.64. The van der Waals surface area contributed by atoms with Gasteiger partial charge in [-0.05, 0) is 36.8 Å². The van der Waals surface area contributed by atoms with Gasteiger partial charge in [0.05, 0.1) is 17.6 Å². The van der Waals surface area contributed by atoms with Crippen molar-refractivity contribution in [1.29, 1.82) is 0 Å². The van der Waals surface area contributed by atoms with Crippen molar-refractivity contribution in [3.05, 3.63) is 77.9 Å². The molecule has 0 saturated heterocycles. The van der Waals surface area contributed by atoms with Crippen molar-refractivity contribution in [2.75, 3.05) is 7.05 Å². The number of carbonyl (C=O) groups is 1. The number of halogens is 2. The lowest BCUT2D eigenvalue weighted by molar-refractivity contribution is -0.0504. The van der Waals surface area contributed by atoms with Gasteiger partial charge in [0, 0.05) is 24.4 Å². The van der Waals surface area contributed by atoms with E-state index < -0.39 is 6.61 Å². The Bertz CT molecular complexity index is 1240. The fraction of sp³-hybridized carbons (Fsp3) is 0.174. The van der Waals surface area contributed by atoms with Gasteiger partial charge in [0.2, 0.25) is 0 Å². The number of aromatic nitrogens is 3. The second kappa shape index (κ2) is 8.51. The van der Waals surface area contributed by atoms with Crippen LogP contribution in [0.2, 0.25) is 0 Å². The van der Waals surface area contributed by atoms with E-state index in [1.54, 1.807) is 37.5 Å². The Morgan fingerprint density at radius 3 is 2.61 bits per heavy atom. The van der Waals surface area contributed by atoms with Crippen LogP contribution < -0.4 is 10.1 Å². The topological polar surface area (TPSA) is 69.0 Å². The average molecular weight is 422 g/mol. The lowest BCUT2D eigenvalue weighted by Crippen LogP contribution is -2.18. The number of nitrogens with one attached hydrogen (secondary N) is 1. The van der Waals surface area contributed by atoms with Crippen molar-refractivity contribution < 1.29 is 18.3 Å². The molecule has 0 aliphatic heterocycles. The Hall–Kier alpha value is -3.81. The molecule has 6 nitrogen and oxygen atoms in total. The number of hydrogen-bond donors (Lipinski definition) is 1. The van der Waals surface area contributed by atoms with E-state index in [0.29, 0.717) is 17.8 Å². The molecule has 2 heterocycles. The number of amides is 1. The molecule has 31 heavy (non-hydrogen) atoms. The Kier molecular flexibility index (Phi) is 5.62. The van der Waals surface area contributed by atoms with E-state index in [9.17, 15) is 13.6 Å². The second-order valence-corrected chi connectivity index (χ2v) is 6.95. The van der Waals surface area contributed by atoms with Gasteiger partial charge in [-0.25, -0.2) is 4.98 Å². The largest absolute Gasteiger partial charge is 0.434 e. The summed E-state index contributed by atoms with van der Waals surface area (Å²) in [7, 11) is 1.56. The zero-order chi connectivity index (χ0) is 22.0. The summed E-state index contributed by atoms with van der Waals surface area (Å²) in [4.78, 5) is 20.5. The molecule has 2 aromatic heterocycles. The van der Waals surface area contributed by atoms with E-state index in [2.05, 4.69) is 20.0 Å². The molecule has 1 amide bonds. The van der Waals surface area contributed by atoms with Gasteiger partial charge in [-0.3, -0.25) is 9.78 Å². The Balaban J connectivity index is 1.71. The molecular formula is C23H20F2N4O2. The molecule has 0 atom stereocenters. The molecule has 2 aromatic carbocycles. The first-order chi connectivity index (χ1) is 15.0. The lowest BCUT2D eigenvalue weighted by Gasteiger charge is -2.13. The third-order valence-electron chi connectivity index (χ3n) is 5.01. The molecular weight excluding hydrogens is 402 g/mol. The number of benzene rings is 2. The molecule has 158 valence electrons. The first-order valence-corrected chi connectivity index (χ1v) is 9.64. The molecule has 0 aliphatic rings. The molecule has 1 N–H and O–H groups in total. The van der Waals surface area contributed by atoms with Crippen LogP contribution in [0.15, 0.2) is 60.8 Å². The zero-order valence-corrected chi connectivity index (χ0v) is 17.0. The number of rotatable bonds is 6. The number of aryl methyl sites for hydroxylation is 1. The second-order valence-electron chi connectivity index (χ2n) is 6.95. The number of nitrogens with zero attached hydrogens (tertiary/aromatic N) is 3. The lowest BCUT2D eigenvalue weighted by atomic mass is 10.1. The number of imidazole rings is 1. The fourth-order valence-corrected chi connectivity index (χ4v) is 3.47. The summed E-state index contributed by atoms with van der Waals surface area (Å²) in [5.41, 5.74) is 4.37. The van der Waals surface area contributed by atoms with Crippen LogP contribution >= 0.6 is 0 Å². The number of fused-ring (bicyclic) bond motifs is 1. The Morgan fingerprint density at radius 1 is 1.13 bits per heavy atom. The maximum atomic E-state index is 12.8. The molecule has 4 rings (SSSR count). The molecule has 8 heteroatoms. The first kappa shape index (κ1) is 20.5. The van der Waals surface area contributed by atoms with E-state index in [1.807, 2.05) is 35.8 Å². The molecule has 0 bridgehead atoms. The van der Waals surface area contributed by atoms with Gasteiger partial charge >= 0.3 is 6.61 Å². The van der Waals surface area contributed by atoms with Crippen LogP contribution in [0.5, 0.6) is 5.75 Å². The van der Waals surface area contributed by atoms with Crippen LogP contribution in [0, 0.1) is 6.92 Å². The number of alkyl halides is 2. The maximum absolute atomic E-state index is 12.8. The highest BCUT2D eigenvalue weighted by Crippen LogP contribution is 2.28. The highest BCUT2D eigenvalue weighted by Gasteiger charge is 2.14. The monoisotopic (exact) mass is 422 g/mol. The zero-order valence-electron chi connectivity index (χ0n) is 17.0. The van der Waals surface area contributed by atoms with E-state index in [-0.39, 0.29) is 11.7 Å². The first-order valence-electron chi connectivity index (χ1n) is 9.64. The van der Waals surface area contributed by atoms with Crippen molar-refractivity contribution in [2.24, 2.45) is 0 Å². The van der Waals surface area contributed by atoms with Gasteiger partial charge in [-0.15, -0.1) is 0 Å². The number of hydrogen-bond acceptors (Lipinski definition) is 4. The van der Waals surface area contributed by atoms with Crippen molar-refractivity contribution in [1.82, 2.24) is 19.9 Å². The quantitative estimate of drug-likeness (QED) is 0.500. The van der Waals surface area contributed by atoms with Gasteiger partial charge in [0.1, 0.15) is 17.3 Å². The standard InChI is InChI=1S/C23H20F2N4O2/c1-14-28-18-9-7-15(16-8-10-19(27-12-16)22(30)26-2)11-20(18)29(14)13-17-5-3-4-6-21(17)31-23(24)25/h3-12,23H,13H2,1-2H3,(H,26,30). The number of para-hydroxylation sites is 1. The minimum atomic E-state index is -2.89. The summed E-state index contributed by atoms with van der Waals surface area (Å²) >= 11 is 0. The molecule has 4 aromatic rings. The highest BCUT2D eigenvalue weighted by molar-refractivity contribution is 5.92. The number of ether oxygens (including phenoxy) is 1. The van der Waals surface area contributed by atoms with E-state index in [0.717, 1.165) is 28.0 Å². The summed E-state index contributed by atoms with van der Waals surface area (Å²) in [5.74, 6) is 0.649. The smallest absolute Gasteiger partial charge is 0.387 e. The molecule has 0 radical (unpaired) electrons. The van der Waals surface area contributed by atoms with Crippen LogP contribution in [0.3, 0.4) is 0 Å². The normalized spacial score (nSPS) is 11.1. The highest BCUT2D eigenvalue weighted by atomic mass is 19.3. The van der Waals surface area contributed by atoms with Crippen molar-refractivity contribution >= 4 is 16.9 Å². The van der Waals surface area contributed by atoms with E-state index in [4.69, 9.17) is 0 Å². The molecule has 0 aliphatic carbocycles. The summed E-state index contributed by atoms with van der Waals surface area (Å²) < 4.78 is 32.2. The molecule has 0 unspecified atom stereocenters. The summed E-state index contributed by atoms with van der Waals surface area (Å²) in [5, 5.41) is 2.54. The van der Waals surface area contributed by atoms with Crippen molar-refractivity contribution in [3.8, 4) is 16.9 Å². The van der Waals surface area contributed by atoms with Crippen LogP contribution in [-0.2, 0) is 6.54 Å². The van der Waals surface area contributed by atoms with E-state index in [1.165, 1.54) is 6.07 Å². The maximum Gasteiger partial charge on any atom is 0.387 e. The van der Waals surface area contributed by atoms with Crippen molar-refractivity contribution in [3.63, 3.8) is 0 Å². The van der Waals surface area contributed by atoms with Crippen LogP contribution in [-0.4, -0.2) is 34.1 Å². The SMILES string of the molecule is CNC(=O)c1ccc(-c2ccc3nc(C)n(Cc4ccccc4OC(F)F)c3c2)cn1. The van der Waals surface area contributed by atoms with Gasteiger partial charge in [0.25, 0.3) is 5.91 Å². The summed E-state index contributed by atoms with van der Waals surface area (Å²) in [6.45, 7) is -0.683. The number of carbonyl (C=O) groups excluding carboxylic acids is 1. The van der Waals surface area contributed by atoms with Gasteiger partial charge in [0.15, 0.2) is 0 Å². The van der Waals surface area contributed by atoms with Gasteiger partial charge in [-0.2, -0.15) is 8.78 Å². The minimum absolute atomic E-state index is 0.142. The van der Waals surface area contributed by atoms with Gasteiger partial charge < -0.3 is 14.6 Å². The summed E-state index contributed by atoms with van der Waals surface area (Å²) in [6, 6.07) is 16.0. The van der Waals surface area contributed by atoms with Crippen LogP contribution in [0.1, 0.15) is 21.9 Å². The Labute approximate surface area is 177 Å². The third kappa shape index (κ3) is 4.23. The van der Waals surface area contributed by atoms with Crippen LogP contribution in [0.4, 0.5) is 8.78 Å². The Morgan fingerprint density at radius 2 is 1.90 bits per heavy atom. The fourth-order valence-electron chi connectivity index (χ4n) is 3.47. The predicted molar refractivity (Wildman–Crippen MR) is 113 cm³/mol. The average Bonchev–Trinajstić information content (AvgIpc) is 3.08. The number of pyridine rings is 1. The van der Waals surface area contributed by atoms with E-state index >= 15 is 0 Å². The van der Waals surface area contributed by atoms with Crippen molar-refractivity contribution in [2.45, 2.75) is 20.1 Å². The predicted octanol–water partition coefficient (Wildman–Crippen LogP) is 4.42. The third-order valence-corrected chi connectivity index (χ3v) is 5.01.